The van der Waals surface area contributed by atoms with E-state index in [1.54, 1.807) is 11.8 Å². The number of hydrogen-bond donors (Lipinski definition) is 2. The van der Waals surface area contributed by atoms with Gasteiger partial charge in [0, 0.05) is 29.8 Å². The Balaban J connectivity index is 1.94. The molecule has 2 rings (SSSR count). The monoisotopic (exact) mass is 328 g/mol. The number of carbonyl (C=O) groups excluding carboxylic acids is 2. The third-order valence-corrected chi connectivity index (χ3v) is 4.20. The molecule has 0 aliphatic heterocycles. The Morgan fingerprint density at radius 1 is 0.913 bits per heavy atom. The average molecular weight is 328 g/mol. The quantitative estimate of drug-likeness (QED) is 0.768. The van der Waals surface area contributed by atoms with Crippen LogP contribution in [-0.4, -0.2) is 24.9 Å². The van der Waals surface area contributed by atoms with Gasteiger partial charge in [0.15, 0.2) is 0 Å². The van der Waals surface area contributed by atoms with Crippen molar-refractivity contribution in [2.75, 3.05) is 13.1 Å². The Morgan fingerprint density at radius 2 is 1.57 bits per heavy atom. The van der Waals surface area contributed by atoms with Crippen LogP contribution in [0.2, 0.25) is 0 Å². The lowest BCUT2D eigenvalue weighted by Crippen LogP contribution is -2.29. The smallest absolute Gasteiger partial charge is 0.252 e. The molecule has 2 aromatic rings. The summed E-state index contributed by atoms with van der Waals surface area (Å²) in [6, 6.07) is 17.5. The molecule has 0 saturated carbocycles. The van der Waals surface area contributed by atoms with Gasteiger partial charge in [-0.3, -0.25) is 9.59 Å². The highest BCUT2D eigenvalue weighted by Gasteiger charge is 2.11. The minimum Gasteiger partial charge on any atom is -0.356 e. The highest BCUT2D eigenvalue weighted by Crippen LogP contribution is 2.30. The van der Waals surface area contributed by atoms with E-state index in [9.17, 15) is 9.59 Å². The molecule has 0 heterocycles. The molecule has 0 fully saturated rings. The summed E-state index contributed by atoms with van der Waals surface area (Å²) in [6.07, 6.45) is 0.708. The van der Waals surface area contributed by atoms with E-state index in [1.807, 2.05) is 54.6 Å². The van der Waals surface area contributed by atoms with Gasteiger partial charge in [0.2, 0.25) is 5.91 Å². The molecule has 0 spiro atoms. The topological polar surface area (TPSA) is 58.2 Å². The van der Waals surface area contributed by atoms with Gasteiger partial charge in [0.25, 0.3) is 5.91 Å². The van der Waals surface area contributed by atoms with Gasteiger partial charge in [-0.15, -0.1) is 0 Å². The molecule has 0 aliphatic carbocycles. The van der Waals surface area contributed by atoms with Crippen LogP contribution in [0.4, 0.5) is 0 Å². The van der Waals surface area contributed by atoms with Crippen molar-refractivity contribution in [3.05, 3.63) is 60.2 Å². The van der Waals surface area contributed by atoms with Crippen LogP contribution >= 0.6 is 11.8 Å². The molecule has 5 heteroatoms. The van der Waals surface area contributed by atoms with Crippen molar-refractivity contribution in [3.63, 3.8) is 0 Å². The lowest BCUT2D eigenvalue weighted by molar-refractivity contribution is -0.118. The number of nitrogens with one attached hydrogen (secondary N) is 2. The zero-order valence-corrected chi connectivity index (χ0v) is 13.9. The van der Waals surface area contributed by atoms with E-state index < -0.39 is 0 Å². The highest BCUT2D eigenvalue weighted by atomic mass is 32.2. The van der Waals surface area contributed by atoms with E-state index in [0.717, 1.165) is 9.79 Å². The lowest BCUT2D eigenvalue weighted by atomic mass is 10.2. The second-order valence-electron chi connectivity index (χ2n) is 5.00. The predicted octanol–water partition coefficient (Wildman–Crippen LogP) is 3.09. The minimum atomic E-state index is -0.0909. The summed E-state index contributed by atoms with van der Waals surface area (Å²) in [5, 5.41) is 5.60. The maximum atomic E-state index is 12.3. The maximum absolute atomic E-state index is 12.3. The Hall–Kier alpha value is -2.27. The van der Waals surface area contributed by atoms with Crippen LogP contribution in [0.3, 0.4) is 0 Å². The van der Waals surface area contributed by atoms with Gasteiger partial charge in [-0.25, -0.2) is 0 Å². The Labute approximate surface area is 140 Å². The molecule has 0 aromatic heterocycles. The van der Waals surface area contributed by atoms with Gasteiger partial charge in [-0.1, -0.05) is 42.1 Å². The summed E-state index contributed by atoms with van der Waals surface area (Å²) < 4.78 is 0. The van der Waals surface area contributed by atoms with Gasteiger partial charge < -0.3 is 10.6 Å². The summed E-state index contributed by atoms with van der Waals surface area (Å²) in [6.45, 7) is 2.58. The third kappa shape index (κ3) is 5.79. The SMILES string of the molecule is CC(=O)NCCCNC(=O)c1ccccc1Sc1ccccc1. The van der Waals surface area contributed by atoms with Crippen molar-refractivity contribution in [3.8, 4) is 0 Å². The van der Waals surface area contributed by atoms with Crippen molar-refractivity contribution in [2.45, 2.75) is 23.1 Å². The molecule has 23 heavy (non-hydrogen) atoms. The zero-order chi connectivity index (χ0) is 16.5. The normalized spacial score (nSPS) is 10.1. The van der Waals surface area contributed by atoms with E-state index >= 15 is 0 Å². The first-order valence-electron chi connectivity index (χ1n) is 7.51. The molecule has 4 nitrogen and oxygen atoms in total. The van der Waals surface area contributed by atoms with E-state index in [1.165, 1.54) is 6.92 Å². The molecule has 0 bridgehead atoms. The van der Waals surface area contributed by atoms with Crippen LogP contribution in [0.15, 0.2) is 64.4 Å². The van der Waals surface area contributed by atoms with Crippen molar-refractivity contribution in [2.24, 2.45) is 0 Å². The number of rotatable bonds is 7. The van der Waals surface area contributed by atoms with E-state index in [-0.39, 0.29) is 11.8 Å². The molecular formula is C18H20N2O2S. The Bertz CT molecular complexity index is 659. The molecule has 0 atom stereocenters. The second-order valence-corrected chi connectivity index (χ2v) is 6.12. The standard InChI is InChI=1S/C18H20N2O2S/c1-14(21)19-12-7-13-20-18(22)16-10-5-6-11-17(16)23-15-8-3-2-4-9-15/h2-6,8-11H,7,12-13H2,1H3,(H,19,21)(H,20,22). The zero-order valence-electron chi connectivity index (χ0n) is 13.0. The summed E-state index contributed by atoms with van der Waals surface area (Å²) in [5.41, 5.74) is 0.667. The van der Waals surface area contributed by atoms with Gasteiger partial charge in [-0.05, 0) is 30.7 Å². The number of benzene rings is 2. The Kier molecular flexibility index (Phi) is 6.69. The maximum Gasteiger partial charge on any atom is 0.252 e. The molecule has 2 amide bonds. The van der Waals surface area contributed by atoms with Crippen LogP contribution in [0.1, 0.15) is 23.7 Å². The second kappa shape index (κ2) is 9.00. The average Bonchev–Trinajstić information content (AvgIpc) is 2.55. The fourth-order valence-corrected chi connectivity index (χ4v) is 2.97. The van der Waals surface area contributed by atoms with Gasteiger partial charge in [0.05, 0.1) is 5.56 Å². The van der Waals surface area contributed by atoms with Crippen molar-refractivity contribution < 1.29 is 9.59 Å². The summed E-state index contributed by atoms with van der Waals surface area (Å²) in [4.78, 5) is 25.1. The molecule has 2 aromatic carbocycles. The lowest BCUT2D eigenvalue weighted by Gasteiger charge is -2.10. The highest BCUT2D eigenvalue weighted by molar-refractivity contribution is 7.99. The van der Waals surface area contributed by atoms with Gasteiger partial charge in [0.1, 0.15) is 0 Å². The van der Waals surface area contributed by atoms with E-state index in [0.29, 0.717) is 25.1 Å². The van der Waals surface area contributed by atoms with E-state index in [4.69, 9.17) is 0 Å². The molecule has 0 radical (unpaired) electrons. The fourth-order valence-electron chi connectivity index (χ4n) is 2.01. The van der Waals surface area contributed by atoms with Gasteiger partial charge >= 0.3 is 0 Å². The van der Waals surface area contributed by atoms with E-state index in [2.05, 4.69) is 10.6 Å². The molecular weight excluding hydrogens is 308 g/mol. The first kappa shape index (κ1) is 17.1. The summed E-state index contributed by atoms with van der Waals surface area (Å²) >= 11 is 1.57. The predicted molar refractivity (Wildman–Crippen MR) is 92.6 cm³/mol. The minimum absolute atomic E-state index is 0.0547. The summed E-state index contributed by atoms with van der Waals surface area (Å²) in [7, 11) is 0. The van der Waals surface area contributed by atoms with Gasteiger partial charge in [-0.2, -0.15) is 0 Å². The summed E-state index contributed by atoms with van der Waals surface area (Å²) in [5.74, 6) is -0.146. The molecule has 0 unspecified atom stereocenters. The van der Waals surface area contributed by atoms with Crippen LogP contribution < -0.4 is 10.6 Å². The van der Waals surface area contributed by atoms with Crippen LogP contribution in [0.5, 0.6) is 0 Å². The molecule has 120 valence electrons. The Morgan fingerprint density at radius 3 is 2.30 bits per heavy atom. The first-order valence-corrected chi connectivity index (χ1v) is 8.33. The number of hydrogen-bond acceptors (Lipinski definition) is 3. The molecule has 0 saturated heterocycles. The fraction of sp³-hybridized carbons (Fsp3) is 0.222. The van der Waals surface area contributed by atoms with Crippen LogP contribution in [0.25, 0.3) is 0 Å². The van der Waals surface area contributed by atoms with Crippen molar-refractivity contribution in [1.82, 2.24) is 10.6 Å². The third-order valence-electron chi connectivity index (χ3n) is 3.12. The number of carbonyl (C=O) groups is 2. The first-order chi connectivity index (χ1) is 11.2. The molecule has 0 aliphatic rings. The molecule has 2 N–H and O–H groups in total. The van der Waals surface area contributed by atoms with Crippen LogP contribution in [-0.2, 0) is 4.79 Å². The number of amides is 2. The van der Waals surface area contributed by atoms with Crippen molar-refractivity contribution >= 4 is 23.6 Å². The largest absolute Gasteiger partial charge is 0.356 e. The van der Waals surface area contributed by atoms with Crippen molar-refractivity contribution in [1.29, 1.82) is 0 Å². The van der Waals surface area contributed by atoms with Crippen LogP contribution in [0, 0.1) is 0 Å².